The lowest BCUT2D eigenvalue weighted by Gasteiger charge is -2.30. The van der Waals surface area contributed by atoms with E-state index in [4.69, 9.17) is 0 Å². The predicted molar refractivity (Wildman–Crippen MR) is 64.0 cm³/mol. The van der Waals surface area contributed by atoms with Crippen molar-refractivity contribution >= 4 is 21.6 Å². The third kappa shape index (κ3) is 1.93. The topological polar surface area (TPSA) is 15.3 Å². The molecule has 0 saturated carbocycles. The van der Waals surface area contributed by atoms with Gasteiger partial charge in [0.25, 0.3) is 0 Å². The highest BCUT2D eigenvalue weighted by Gasteiger charge is 2.13. The Morgan fingerprint density at radius 3 is 2.71 bits per heavy atom. The van der Waals surface area contributed by atoms with Crippen LogP contribution >= 0.6 is 15.9 Å². The first-order valence-electron chi connectivity index (χ1n) is 5.00. The van der Waals surface area contributed by atoms with Gasteiger partial charge in [0.05, 0.1) is 5.69 Å². The van der Waals surface area contributed by atoms with Gasteiger partial charge in [-0.15, -0.1) is 0 Å². The van der Waals surface area contributed by atoms with Crippen molar-refractivity contribution in [2.24, 2.45) is 0 Å². The van der Waals surface area contributed by atoms with Crippen LogP contribution < -0.4 is 10.2 Å². The van der Waals surface area contributed by atoms with Gasteiger partial charge in [-0.1, -0.05) is 12.1 Å². The molecule has 1 N–H and O–H groups in total. The summed E-state index contributed by atoms with van der Waals surface area (Å²) in [5.74, 6) is 0. The first kappa shape index (κ1) is 9.99. The van der Waals surface area contributed by atoms with E-state index >= 15 is 0 Å². The first-order valence-corrected chi connectivity index (χ1v) is 5.79. The summed E-state index contributed by atoms with van der Waals surface area (Å²) in [5, 5.41) is 3.36. The van der Waals surface area contributed by atoms with Crippen LogP contribution in [-0.4, -0.2) is 26.2 Å². The van der Waals surface area contributed by atoms with Crippen molar-refractivity contribution in [1.82, 2.24) is 5.32 Å². The Morgan fingerprint density at radius 1 is 1.29 bits per heavy atom. The van der Waals surface area contributed by atoms with Gasteiger partial charge in [0.15, 0.2) is 0 Å². The van der Waals surface area contributed by atoms with Gasteiger partial charge in [-0.3, -0.25) is 0 Å². The molecule has 1 aromatic carbocycles. The van der Waals surface area contributed by atoms with Crippen LogP contribution in [0.4, 0.5) is 5.69 Å². The van der Waals surface area contributed by atoms with Crippen LogP contribution in [0.15, 0.2) is 22.7 Å². The van der Waals surface area contributed by atoms with Gasteiger partial charge in [0.1, 0.15) is 0 Å². The zero-order valence-electron chi connectivity index (χ0n) is 8.39. The maximum Gasteiger partial charge on any atom is 0.0514 e. The van der Waals surface area contributed by atoms with E-state index in [9.17, 15) is 0 Å². The van der Waals surface area contributed by atoms with E-state index in [-0.39, 0.29) is 0 Å². The predicted octanol–water partition coefficient (Wildman–Crippen LogP) is 2.17. The Morgan fingerprint density at radius 2 is 2.00 bits per heavy atom. The quantitative estimate of drug-likeness (QED) is 0.827. The first-order chi connectivity index (χ1) is 6.79. The molecule has 0 bridgehead atoms. The molecule has 2 nitrogen and oxygen atoms in total. The highest BCUT2D eigenvalue weighted by molar-refractivity contribution is 9.10. The molecule has 76 valence electrons. The monoisotopic (exact) mass is 254 g/mol. The largest absolute Gasteiger partial charge is 0.368 e. The summed E-state index contributed by atoms with van der Waals surface area (Å²) < 4.78 is 1.24. The molecule has 0 spiro atoms. The molecule has 14 heavy (non-hydrogen) atoms. The van der Waals surface area contributed by atoms with Crippen LogP contribution in [0.2, 0.25) is 0 Å². The van der Waals surface area contributed by atoms with Gasteiger partial charge >= 0.3 is 0 Å². The molecule has 0 amide bonds. The van der Waals surface area contributed by atoms with Crippen molar-refractivity contribution in [3.8, 4) is 0 Å². The van der Waals surface area contributed by atoms with Crippen molar-refractivity contribution in [1.29, 1.82) is 0 Å². The zero-order valence-corrected chi connectivity index (χ0v) is 9.97. The van der Waals surface area contributed by atoms with E-state index in [1.54, 1.807) is 0 Å². The average molecular weight is 255 g/mol. The fourth-order valence-corrected chi connectivity index (χ4v) is 2.30. The van der Waals surface area contributed by atoms with E-state index in [1.165, 1.54) is 15.7 Å². The standard InChI is InChI=1S/C11H15BrN2/c1-9-3-2-4-10(11(9)12)14-7-5-13-6-8-14/h2-4,13H,5-8H2,1H3. The van der Waals surface area contributed by atoms with Gasteiger partial charge in [0.2, 0.25) is 0 Å². The molecule has 0 aliphatic carbocycles. The van der Waals surface area contributed by atoms with Crippen LogP contribution in [0.3, 0.4) is 0 Å². The third-order valence-electron chi connectivity index (χ3n) is 2.63. The lowest BCUT2D eigenvalue weighted by atomic mass is 10.2. The maximum absolute atomic E-state index is 3.65. The van der Waals surface area contributed by atoms with Gasteiger partial charge < -0.3 is 10.2 Å². The Balaban J connectivity index is 2.26. The second-order valence-corrected chi connectivity index (χ2v) is 4.44. The number of aryl methyl sites for hydroxylation is 1. The highest BCUT2D eigenvalue weighted by Crippen LogP contribution is 2.29. The summed E-state index contributed by atoms with van der Waals surface area (Å²) in [7, 11) is 0. The van der Waals surface area contributed by atoms with Crippen LogP contribution in [0.1, 0.15) is 5.56 Å². The molecular formula is C11H15BrN2. The Kier molecular flexibility index (Phi) is 3.08. The molecule has 0 radical (unpaired) electrons. The van der Waals surface area contributed by atoms with Crippen LogP contribution in [0, 0.1) is 6.92 Å². The van der Waals surface area contributed by atoms with Crippen molar-refractivity contribution in [3.63, 3.8) is 0 Å². The van der Waals surface area contributed by atoms with Gasteiger partial charge in [0, 0.05) is 30.7 Å². The SMILES string of the molecule is Cc1cccc(N2CCNCC2)c1Br. The normalized spacial score (nSPS) is 17.1. The lowest BCUT2D eigenvalue weighted by Crippen LogP contribution is -2.43. The molecule has 3 heteroatoms. The fourth-order valence-electron chi connectivity index (χ4n) is 1.78. The molecule has 2 rings (SSSR count). The molecular weight excluding hydrogens is 240 g/mol. The number of nitrogens with one attached hydrogen (secondary N) is 1. The molecule has 1 aromatic rings. The summed E-state index contributed by atoms with van der Waals surface area (Å²) >= 11 is 3.65. The number of rotatable bonds is 1. The van der Waals surface area contributed by atoms with Gasteiger partial charge in [-0.2, -0.15) is 0 Å². The molecule has 1 aliphatic heterocycles. The molecule has 1 fully saturated rings. The van der Waals surface area contributed by atoms with Gasteiger partial charge in [-0.25, -0.2) is 0 Å². The smallest absolute Gasteiger partial charge is 0.0514 e. The van der Waals surface area contributed by atoms with E-state index in [0.717, 1.165) is 26.2 Å². The van der Waals surface area contributed by atoms with Crippen molar-refractivity contribution in [3.05, 3.63) is 28.2 Å². The third-order valence-corrected chi connectivity index (χ3v) is 3.66. The fraction of sp³-hybridized carbons (Fsp3) is 0.455. The number of nitrogens with zero attached hydrogens (tertiary/aromatic N) is 1. The second-order valence-electron chi connectivity index (χ2n) is 3.65. The number of halogens is 1. The zero-order chi connectivity index (χ0) is 9.97. The van der Waals surface area contributed by atoms with Crippen LogP contribution in [-0.2, 0) is 0 Å². The molecule has 0 aromatic heterocycles. The van der Waals surface area contributed by atoms with E-state index in [1.807, 2.05) is 0 Å². The number of anilines is 1. The molecule has 0 atom stereocenters. The summed E-state index contributed by atoms with van der Waals surface area (Å²) in [4.78, 5) is 2.42. The molecule has 1 aliphatic rings. The highest BCUT2D eigenvalue weighted by atomic mass is 79.9. The second kappa shape index (κ2) is 4.32. The lowest BCUT2D eigenvalue weighted by molar-refractivity contribution is 0.588. The Hall–Kier alpha value is -0.540. The Bertz CT molecular complexity index is 319. The number of hydrogen-bond donors (Lipinski definition) is 1. The van der Waals surface area contributed by atoms with Gasteiger partial charge in [-0.05, 0) is 34.5 Å². The molecule has 0 unspecified atom stereocenters. The minimum Gasteiger partial charge on any atom is -0.368 e. The summed E-state index contributed by atoms with van der Waals surface area (Å²) in [6.45, 7) is 6.50. The van der Waals surface area contributed by atoms with E-state index in [0.29, 0.717) is 0 Å². The summed E-state index contributed by atoms with van der Waals surface area (Å²) in [6.07, 6.45) is 0. The summed E-state index contributed by atoms with van der Waals surface area (Å²) in [5.41, 5.74) is 2.63. The summed E-state index contributed by atoms with van der Waals surface area (Å²) in [6, 6.07) is 6.44. The minimum absolute atomic E-state index is 1.08. The van der Waals surface area contributed by atoms with E-state index in [2.05, 4.69) is 51.3 Å². The van der Waals surface area contributed by atoms with Crippen LogP contribution in [0.5, 0.6) is 0 Å². The van der Waals surface area contributed by atoms with E-state index < -0.39 is 0 Å². The number of hydrogen-bond acceptors (Lipinski definition) is 2. The molecule has 1 saturated heterocycles. The van der Waals surface area contributed by atoms with Crippen LogP contribution in [0.25, 0.3) is 0 Å². The number of piperazine rings is 1. The molecule has 1 heterocycles. The van der Waals surface area contributed by atoms with Crippen molar-refractivity contribution in [2.75, 3.05) is 31.1 Å². The van der Waals surface area contributed by atoms with Crippen molar-refractivity contribution in [2.45, 2.75) is 6.92 Å². The maximum atomic E-state index is 3.65. The number of benzene rings is 1. The Labute approximate surface area is 93.4 Å². The average Bonchev–Trinajstić information content (AvgIpc) is 2.23. The minimum atomic E-state index is 1.08. The van der Waals surface area contributed by atoms with Crippen molar-refractivity contribution < 1.29 is 0 Å².